The maximum Gasteiger partial charge on any atom is 0.490 e. The van der Waals surface area contributed by atoms with Gasteiger partial charge in [-0.2, -0.15) is 24.5 Å². The van der Waals surface area contributed by atoms with Crippen LogP contribution in [0.3, 0.4) is 0 Å². The molecule has 0 aromatic carbocycles. The first-order chi connectivity index (χ1) is 14.2. The number of carbonyl (C=O) groups is 3. The zero-order valence-electron chi connectivity index (χ0n) is 15.6. The zero-order chi connectivity index (χ0) is 21.9. The molecule has 2 fully saturated rings. The van der Waals surface area contributed by atoms with Gasteiger partial charge in [-0.1, -0.05) is 6.07 Å². The molecule has 0 spiro atoms. The molecule has 0 aliphatic carbocycles. The van der Waals surface area contributed by atoms with Crippen molar-refractivity contribution in [3.63, 3.8) is 0 Å². The molecule has 11 heteroatoms. The molecule has 0 unspecified atom stereocenters. The third-order valence-electron chi connectivity index (χ3n) is 4.96. The van der Waals surface area contributed by atoms with Crippen LogP contribution in [0.15, 0.2) is 41.4 Å². The van der Waals surface area contributed by atoms with E-state index in [-0.39, 0.29) is 23.9 Å². The molecular formula is C19H18F3N3O4S. The fourth-order valence-corrected chi connectivity index (χ4v) is 4.26. The second-order valence-electron chi connectivity index (χ2n) is 6.82. The van der Waals surface area contributed by atoms with Gasteiger partial charge in [0.1, 0.15) is 0 Å². The average molecular weight is 441 g/mol. The lowest BCUT2D eigenvalue weighted by Crippen LogP contribution is -2.39. The van der Waals surface area contributed by atoms with E-state index < -0.39 is 12.1 Å². The highest BCUT2D eigenvalue weighted by Gasteiger charge is 2.48. The van der Waals surface area contributed by atoms with Gasteiger partial charge in [0.25, 0.3) is 5.91 Å². The quantitative estimate of drug-likeness (QED) is 0.791. The van der Waals surface area contributed by atoms with Crippen LogP contribution in [0.25, 0.3) is 0 Å². The van der Waals surface area contributed by atoms with Crippen molar-refractivity contribution in [3.05, 3.63) is 52.5 Å². The third-order valence-corrected chi connectivity index (χ3v) is 5.65. The van der Waals surface area contributed by atoms with Crippen LogP contribution in [-0.2, 0) is 16.1 Å². The minimum Gasteiger partial charge on any atom is -0.475 e. The molecule has 1 N–H and O–H groups in total. The summed E-state index contributed by atoms with van der Waals surface area (Å²) in [6.07, 6.45) is -0.272. The predicted octanol–water partition coefficient (Wildman–Crippen LogP) is 2.79. The van der Waals surface area contributed by atoms with Crippen molar-refractivity contribution in [2.24, 2.45) is 0 Å². The number of pyridine rings is 1. The number of thiophene rings is 1. The minimum atomic E-state index is -5.08. The molecule has 7 nitrogen and oxygen atoms in total. The Labute approximate surface area is 173 Å². The van der Waals surface area contributed by atoms with E-state index in [1.54, 1.807) is 12.4 Å². The van der Waals surface area contributed by atoms with Crippen molar-refractivity contribution >= 4 is 29.1 Å². The van der Waals surface area contributed by atoms with Gasteiger partial charge in [-0.3, -0.25) is 14.6 Å². The first kappa shape index (κ1) is 21.8. The first-order valence-electron chi connectivity index (χ1n) is 9.00. The van der Waals surface area contributed by atoms with Crippen molar-refractivity contribution in [2.75, 3.05) is 6.54 Å². The number of amides is 2. The van der Waals surface area contributed by atoms with Crippen LogP contribution in [0.5, 0.6) is 0 Å². The Morgan fingerprint density at radius 2 is 2.00 bits per heavy atom. The van der Waals surface area contributed by atoms with Gasteiger partial charge in [0.2, 0.25) is 5.91 Å². The third kappa shape index (κ3) is 4.78. The maximum atomic E-state index is 12.6. The van der Waals surface area contributed by atoms with Crippen molar-refractivity contribution in [2.45, 2.75) is 37.6 Å². The molecule has 2 aromatic rings. The van der Waals surface area contributed by atoms with Gasteiger partial charge < -0.3 is 14.9 Å². The summed E-state index contributed by atoms with van der Waals surface area (Å²) < 4.78 is 31.7. The van der Waals surface area contributed by atoms with Gasteiger partial charge >= 0.3 is 12.1 Å². The van der Waals surface area contributed by atoms with Gasteiger partial charge in [-0.05, 0) is 29.5 Å². The van der Waals surface area contributed by atoms with E-state index in [9.17, 15) is 22.8 Å². The summed E-state index contributed by atoms with van der Waals surface area (Å²) in [7, 11) is 0. The molecule has 2 aliphatic rings. The lowest BCUT2D eigenvalue weighted by molar-refractivity contribution is -0.192. The number of carboxylic acid groups (broad SMARTS) is 1. The SMILES string of the molecule is O=C(O)C(F)(F)F.O=C1C[C@H]2[C@@H](CCN2C(=O)c2ccsc2)N1Cc1cccnc1. The molecule has 4 heterocycles. The highest BCUT2D eigenvalue weighted by atomic mass is 32.1. The lowest BCUT2D eigenvalue weighted by Gasteiger charge is -2.25. The monoisotopic (exact) mass is 441 g/mol. The molecule has 2 atom stereocenters. The number of carboxylic acids is 1. The first-order valence-corrected chi connectivity index (χ1v) is 9.94. The number of carbonyl (C=O) groups excluding carboxylic acids is 2. The van der Waals surface area contributed by atoms with Gasteiger partial charge in [0.05, 0.1) is 17.6 Å². The molecule has 2 saturated heterocycles. The van der Waals surface area contributed by atoms with E-state index in [1.165, 1.54) is 11.3 Å². The molecule has 0 radical (unpaired) electrons. The number of likely N-dealkylation sites (tertiary alicyclic amines) is 2. The number of hydrogen-bond donors (Lipinski definition) is 1. The van der Waals surface area contributed by atoms with E-state index in [4.69, 9.17) is 9.90 Å². The van der Waals surface area contributed by atoms with E-state index >= 15 is 0 Å². The Morgan fingerprint density at radius 3 is 2.57 bits per heavy atom. The van der Waals surface area contributed by atoms with Crippen molar-refractivity contribution in [3.8, 4) is 0 Å². The van der Waals surface area contributed by atoms with E-state index in [0.717, 1.165) is 24.1 Å². The van der Waals surface area contributed by atoms with Crippen molar-refractivity contribution in [1.29, 1.82) is 0 Å². The second-order valence-corrected chi connectivity index (χ2v) is 7.60. The van der Waals surface area contributed by atoms with Gasteiger partial charge in [-0.25, -0.2) is 4.79 Å². The molecule has 2 aromatic heterocycles. The number of nitrogens with zero attached hydrogens (tertiary/aromatic N) is 3. The predicted molar refractivity (Wildman–Crippen MR) is 101 cm³/mol. The Hall–Kier alpha value is -2.95. The summed E-state index contributed by atoms with van der Waals surface area (Å²) in [6, 6.07) is 5.85. The van der Waals surface area contributed by atoms with Crippen LogP contribution < -0.4 is 0 Å². The molecule has 2 amide bonds. The van der Waals surface area contributed by atoms with E-state index in [2.05, 4.69) is 4.98 Å². The van der Waals surface area contributed by atoms with E-state index in [1.807, 2.05) is 38.8 Å². The summed E-state index contributed by atoms with van der Waals surface area (Å²) in [4.78, 5) is 41.8. The molecule has 4 rings (SSSR count). The number of aromatic nitrogens is 1. The van der Waals surface area contributed by atoms with Crippen LogP contribution in [0.4, 0.5) is 13.2 Å². The maximum absolute atomic E-state index is 12.6. The van der Waals surface area contributed by atoms with Crippen LogP contribution in [-0.4, -0.2) is 62.5 Å². The van der Waals surface area contributed by atoms with Gasteiger partial charge in [-0.15, -0.1) is 0 Å². The standard InChI is InChI=1S/C17H17N3O2S.C2HF3O2/c21-16-8-15-14(20(16)10-12-2-1-5-18-9-12)3-6-19(15)17(22)13-4-7-23-11-13;3-2(4,5)1(6)7/h1-2,4-5,7,9,11,14-15H,3,6,8,10H2;(H,6,7)/t14-,15+;/m1./s1. The van der Waals surface area contributed by atoms with Crippen LogP contribution in [0, 0.1) is 0 Å². The summed E-state index contributed by atoms with van der Waals surface area (Å²) in [6.45, 7) is 1.30. The van der Waals surface area contributed by atoms with Gasteiger partial charge in [0.15, 0.2) is 0 Å². The highest BCUT2D eigenvalue weighted by Crippen LogP contribution is 2.34. The normalized spacial score (nSPS) is 20.6. The van der Waals surface area contributed by atoms with E-state index in [0.29, 0.717) is 13.0 Å². The second kappa shape index (κ2) is 8.82. The summed E-state index contributed by atoms with van der Waals surface area (Å²) >= 11 is 1.52. The van der Waals surface area contributed by atoms with Crippen molar-refractivity contribution < 1.29 is 32.7 Å². The van der Waals surface area contributed by atoms with Crippen LogP contribution in [0.1, 0.15) is 28.8 Å². The number of alkyl halides is 3. The molecule has 0 bridgehead atoms. The summed E-state index contributed by atoms with van der Waals surface area (Å²) in [5, 5.41) is 10.9. The van der Waals surface area contributed by atoms with Gasteiger partial charge in [0, 0.05) is 37.3 Å². The molecule has 2 aliphatic heterocycles. The number of aliphatic carboxylic acids is 1. The highest BCUT2D eigenvalue weighted by molar-refractivity contribution is 7.08. The zero-order valence-corrected chi connectivity index (χ0v) is 16.4. The molecule has 30 heavy (non-hydrogen) atoms. The smallest absolute Gasteiger partial charge is 0.475 e. The Balaban J connectivity index is 0.000000318. The Morgan fingerprint density at radius 1 is 1.27 bits per heavy atom. The number of halogens is 3. The summed E-state index contributed by atoms with van der Waals surface area (Å²) in [5.74, 6) is -2.58. The fourth-order valence-electron chi connectivity index (χ4n) is 3.63. The molecular weight excluding hydrogens is 423 g/mol. The lowest BCUT2D eigenvalue weighted by atomic mass is 10.1. The fraction of sp³-hybridized carbons (Fsp3) is 0.368. The number of fused-ring (bicyclic) bond motifs is 1. The largest absolute Gasteiger partial charge is 0.490 e. The van der Waals surface area contributed by atoms with Crippen molar-refractivity contribution in [1.82, 2.24) is 14.8 Å². The van der Waals surface area contributed by atoms with Crippen LogP contribution in [0.2, 0.25) is 0 Å². The Bertz CT molecular complexity index is 906. The average Bonchev–Trinajstić information content (AvgIpc) is 3.41. The number of hydrogen-bond acceptors (Lipinski definition) is 5. The molecule has 0 saturated carbocycles. The minimum absolute atomic E-state index is 0.00608. The Kier molecular flexibility index (Phi) is 6.40. The number of rotatable bonds is 3. The van der Waals surface area contributed by atoms with Crippen LogP contribution >= 0.6 is 11.3 Å². The molecule has 160 valence electrons. The summed E-state index contributed by atoms with van der Waals surface area (Å²) in [5.41, 5.74) is 1.76. The topological polar surface area (TPSA) is 90.8 Å².